The molecule has 0 heterocycles. The second-order valence-corrected chi connectivity index (χ2v) is 4.17. The molecule has 3 nitrogen and oxygen atoms in total. The van der Waals surface area contributed by atoms with Crippen LogP contribution in [0, 0.1) is 6.92 Å². The Hall–Kier alpha value is -1.29. The summed E-state index contributed by atoms with van der Waals surface area (Å²) in [6.45, 7) is 3.78. The number of hydrogen-bond acceptors (Lipinski definition) is 4. The molecule has 0 amide bonds. The largest absolute Gasteiger partial charge is 0.460 e. The fourth-order valence-corrected chi connectivity index (χ4v) is 1.86. The maximum atomic E-state index is 11.7. The molecule has 4 heteroatoms. The average molecular weight is 238 g/mol. The van der Waals surface area contributed by atoms with E-state index in [1.807, 2.05) is 19.2 Å². The predicted octanol–water partition coefficient (Wildman–Crippen LogP) is 2.46. The first-order valence-electron chi connectivity index (χ1n) is 4.95. The lowest BCUT2D eigenvalue weighted by Gasteiger charge is -2.04. The first kappa shape index (κ1) is 12.8. The van der Waals surface area contributed by atoms with Gasteiger partial charge in [0.2, 0.25) is 0 Å². The Bertz CT molecular complexity index is 413. The minimum Gasteiger partial charge on any atom is -0.460 e. The van der Waals surface area contributed by atoms with Crippen molar-refractivity contribution in [2.24, 2.45) is 0 Å². The summed E-state index contributed by atoms with van der Waals surface area (Å²) in [5, 5.41) is 0. The number of Topliss-reactive ketones (excluding diaryl/α,β-unsaturated/α-hetero) is 1. The molecule has 1 aromatic carbocycles. The molecule has 0 aromatic heterocycles. The number of esters is 1. The molecule has 0 atom stereocenters. The summed E-state index contributed by atoms with van der Waals surface area (Å²) in [6, 6.07) is 5.36. The van der Waals surface area contributed by atoms with E-state index in [0.717, 1.165) is 10.5 Å². The fourth-order valence-electron chi connectivity index (χ4n) is 1.31. The van der Waals surface area contributed by atoms with E-state index in [0.29, 0.717) is 5.56 Å². The van der Waals surface area contributed by atoms with Gasteiger partial charge in [-0.15, -0.1) is 11.8 Å². The summed E-state index contributed by atoms with van der Waals surface area (Å²) in [7, 11) is 0. The third kappa shape index (κ3) is 3.10. The summed E-state index contributed by atoms with van der Waals surface area (Å²) < 4.78 is 4.68. The highest BCUT2D eigenvalue weighted by atomic mass is 32.2. The second-order valence-electron chi connectivity index (χ2n) is 3.29. The van der Waals surface area contributed by atoms with Crippen LogP contribution in [0.2, 0.25) is 0 Å². The smallest absolute Gasteiger partial charge is 0.379 e. The van der Waals surface area contributed by atoms with Gasteiger partial charge in [-0.05, 0) is 43.9 Å². The molecule has 0 aliphatic heterocycles. The Kier molecular flexibility index (Phi) is 4.55. The molecule has 0 spiro atoms. The molecule has 1 aromatic rings. The first-order chi connectivity index (χ1) is 7.58. The lowest BCUT2D eigenvalue weighted by molar-refractivity contribution is -0.137. The van der Waals surface area contributed by atoms with Crippen molar-refractivity contribution in [3.8, 4) is 0 Å². The number of thioether (sulfide) groups is 1. The van der Waals surface area contributed by atoms with E-state index in [1.54, 1.807) is 19.1 Å². The van der Waals surface area contributed by atoms with Gasteiger partial charge in [0.15, 0.2) is 0 Å². The van der Waals surface area contributed by atoms with Crippen LogP contribution in [0.15, 0.2) is 23.1 Å². The van der Waals surface area contributed by atoms with Crippen molar-refractivity contribution in [3.63, 3.8) is 0 Å². The minimum absolute atomic E-state index is 0.214. The number of ketones is 1. The van der Waals surface area contributed by atoms with Gasteiger partial charge in [0.05, 0.1) is 6.61 Å². The predicted molar refractivity (Wildman–Crippen MR) is 63.9 cm³/mol. The highest BCUT2D eigenvalue weighted by Gasteiger charge is 2.17. The monoisotopic (exact) mass is 238 g/mol. The Morgan fingerprint density at radius 3 is 2.56 bits per heavy atom. The van der Waals surface area contributed by atoms with Gasteiger partial charge in [0, 0.05) is 10.5 Å². The van der Waals surface area contributed by atoms with Crippen molar-refractivity contribution in [2.75, 3.05) is 12.9 Å². The van der Waals surface area contributed by atoms with Gasteiger partial charge in [0.1, 0.15) is 0 Å². The van der Waals surface area contributed by atoms with Crippen molar-refractivity contribution in [2.45, 2.75) is 18.7 Å². The number of carbonyl (C=O) groups is 2. The lowest BCUT2D eigenvalue weighted by Crippen LogP contribution is -2.17. The van der Waals surface area contributed by atoms with E-state index in [1.165, 1.54) is 11.8 Å². The van der Waals surface area contributed by atoms with Gasteiger partial charge in [-0.1, -0.05) is 0 Å². The molecule has 0 saturated carbocycles. The lowest BCUT2D eigenvalue weighted by atomic mass is 10.1. The molecular formula is C12H14O3S. The van der Waals surface area contributed by atoms with Crippen molar-refractivity contribution in [1.29, 1.82) is 0 Å². The van der Waals surface area contributed by atoms with Crippen molar-refractivity contribution in [1.82, 2.24) is 0 Å². The summed E-state index contributed by atoms with van der Waals surface area (Å²) in [5.41, 5.74) is 1.35. The van der Waals surface area contributed by atoms with E-state index in [4.69, 9.17) is 0 Å². The average Bonchev–Trinajstić information content (AvgIpc) is 2.27. The minimum atomic E-state index is -0.792. The van der Waals surface area contributed by atoms with Crippen molar-refractivity contribution >= 4 is 23.5 Å². The number of ether oxygens (including phenoxy) is 1. The van der Waals surface area contributed by atoms with Gasteiger partial charge in [-0.3, -0.25) is 4.79 Å². The quantitative estimate of drug-likeness (QED) is 0.350. The second kappa shape index (κ2) is 5.70. The van der Waals surface area contributed by atoms with Crippen LogP contribution in [0.1, 0.15) is 22.8 Å². The first-order valence-corrected chi connectivity index (χ1v) is 6.18. The zero-order chi connectivity index (χ0) is 12.1. The molecule has 16 heavy (non-hydrogen) atoms. The number of aryl methyl sites for hydroxylation is 1. The van der Waals surface area contributed by atoms with Crippen LogP contribution >= 0.6 is 11.8 Å². The van der Waals surface area contributed by atoms with Crippen molar-refractivity contribution < 1.29 is 14.3 Å². The highest BCUT2D eigenvalue weighted by molar-refractivity contribution is 7.98. The topological polar surface area (TPSA) is 43.4 Å². The van der Waals surface area contributed by atoms with Crippen molar-refractivity contribution in [3.05, 3.63) is 29.3 Å². The highest BCUT2D eigenvalue weighted by Crippen LogP contribution is 2.19. The molecule has 0 fully saturated rings. The molecule has 1 rings (SSSR count). The van der Waals surface area contributed by atoms with Crippen LogP contribution in [0.5, 0.6) is 0 Å². The molecule has 0 saturated heterocycles. The molecular weight excluding hydrogens is 224 g/mol. The Balaban J connectivity index is 2.99. The van der Waals surface area contributed by atoms with Crippen LogP contribution < -0.4 is 0 Å². The summed E-state index contributed by atoms with van der Waals surface area (Å²) in [5.74, 6) is -1.37. The van der Waals surface area contributed by atoms with E-state index < -0.39 is 11.8 Å². The van der Waals surface area contributed by atoms with Gasteiger partial charge in [-0.25, -0.2) is 4.79 Å². The third-order valence-corrected chi connectivity index (χ3v) is 2.72. The van der Waals surface area contributed by atoms with E-state index in [-0.39, 0.29) is 6.61 Å². The Morgan fingerprint density at radius 1 is 1.31 bits per heavy atom. The standard InChI is InChI=1S/C12H14O3S/c1-4-15-12(14)11(13)9-5-8(2)6-10(7-9)16-3/h5-7H,4H2,1-3H3. The molecule has 0 N–H and O–H groups in total. The van der Waals surface area contributed by atoms with Gasteiger partial charge >= 0.3 is 5.97 Å². The van der Waals surface area contributed by atoms with E-state index >= 15 is 0 Å². The molecule has 0 unspecified atom stereocenters. The van der Waals surface area contributed by atoms with Gasteiger partial charge in [-0.2, -0.15) is 0 Å². The maximum Gasteiger partial charge on any atom is 0.379 e. The molecule has 0 aliphatic carbocycles. The molecule has 0 bridgehead atoms. The van der Waals surface area contributed by atoms with E-state index in [2.05, 4.69) is 4.74 Å². The maximum absolute atomic E-state index is 11.7. The Labute approximate surface area is 99.2 Å². The molecule has 0 aliphatic rings. The zero-order valence-electron chi connectivity index (χ0n) is 9.57. The Morgan fingerprint density at radius 2 is 2.00 bits per heavy atom. The number of hydrogen-bond donors (Lipinski definition) is 0. The number of carbonyl (C=O) groups excluding carboxylic acids is 2. The molecule has 86 valence electrons. The third-order valence-electron chi connectivity index (χ3n) is 2.01. The van der Waals surface area contributed by atoms with Crippen LogP contribution in [0.3, 0.4) is 0 Å². The summed E-state index contributed by atoms with van der Waals surface area (Å²) >= 11 is 1.54. The molecule has 0 radical (unpaired) electrons. The number of benzene rings is 1. The van der Waals surface area contributed by atoms with Crippen LogP contribution in [0.25, 0.3) is 0 Å². The van der Waals surface area contributed by atoms with E-state index in [9.17, 15) is 9.59 Å². The SMILES string of the molecule is CCOC(=O)C(=O)c1cc(C)cc(SC)c1. The normalized spacial score (nSPS) is 9.94. The summed E-state index contributed by atoms with van der Waals surface area (Å²) in [6.07, 6.45) is 1.92. The fraction of sp³-hybridized carbons (Fsp3) is 0.333. The van der Waals surface area contributed by atoms with Crippen LogP contribution in [-0.2, 0) is 9.53 Å². The number of rotatable bonds is 4. The zero-order valence-corrected chi connectivity index (χ0v) is 10.4. The van der Waals surface area contributed by atoms with Gasteiger partial charge < -0.3 is 4.74 Å². The van der Waals surface area contributed by atoms with Crippen LogP contribution in [0.4, 0.5) is 0 Å². The summed E-state index contributed by atoms with van der Waals surface area (Å²) in [4.78, 5) is 23.9. The van der Waals surface area contributed by atoms with Crippen LogP contribution in [-0.4, -0.2) is 24.6 Å². The van der Waals surface area contributed by atoms with Gasteiger partial charge in [0.25, 0.3) is 5.78 Å².